The molecule has 1 amide bonds. The Bertz CT molecular complexity index is 1480. The molecule has 1 heterocycles. The van der Waals surface area contributed by atoms with E-state index in [2.05, 4.69) is 15.3 Å². The van der Waals surface area contributed by atoms with Crippen LogP contribution in [0.25, 0.3) is 10.9 Å². The Balaban J connectivity index is 1.49. The van der Waals surface area contributed by atoms with Gasteiger partial charge in [-0.05, 0) is 47.4 Å². The number of ether oxygens (including phenoxy) is 1. The molecule has 0 aliphatic rings. The monoisotopic (exact) mass is 489 g/mol. The number of amides is 1. The van der Waals surface area contributed by atoms with Gasteiger partial charge in [-0.15, -0.1) is 0 Å². The van der Waals surface area contributed by atoms with Gasteiger partial charge in [-0.2, -0.15) is 0 Å². The average molecular weight is 490 g/mol. The van der Waals surface area contributed by atoms with Crippen molar-refractivity contribution in [3.8, 4) is 5.75 Å². The van der Waals surface area contributed by atoms with E-state index in [1.165, 1.54) is 18.2 Å². The number of halogens is 1. The Morgan fingerprint density at radius 3 is 2.53 bits per heavy atom. The second kappa shape index (κ2) is 10.8. The van der Waals surface area contributed by atoms with Crippen LogP contribution in [0, 0.1) is 5.82 Å². The highest BCUT2D eigenvalue weighted by Crippen LogP contribution is 2.25. The number of nitrogens with one attached hydrogen (secondary N) is 2. The Labute approximate surface area is 205 Å². The molecule has 0 spiro atoms. The lowest BCUT2D eigenvalue weighted by Gasteiger charge is -2.11. The summed E-state index contributed by atoms with van der Waals surface area (Å²) in [6.07, 6.45) is 1.24. The molecule has 0 aliphatic carbocycles. The Hall–Kier alpha value is -4.53. The van der Waals surface area contributed by atoms with E-state index in [0.29, 0.717) is 6.42 Å². The zero-order valence-corrected chi connectivity index (χ0v) is 19.5. The molecule has 3 aromatic carbocycles. The van der Waals surface area contributed by atoms with Crippen LogP contribution < -0.4 is 15.6 Å². The first-order valence-corrected chi connectivity index (χ1v) is 11.4. The van der Waals surface area contributed by atoms with E-state index >= 15 is 0 Å². The maximum Gasteiger partial charge on any atom is 0.335 e. The number of nitrogens with zero attached hydrogens (tertiary/aromatic N) is 1. The van der Waals surface area contributed by atoms with Crippen LogP contribution in [-0.2, 0) is 19.4 Å². The lowest BCUT2D eigenvalue weighted by atomic mass is 10.1. The molecule has 0 aliphatic heterocycles. The summed E-state index contributed by atoms with van der Waals surface area (Å²) in [6.45, 7) is 2.35. The second-order valence-electron chi connectivity index (χ2n) is 8.14. The smallest absolute Gasteiger partial charge is 0.335 e. The minimum absolute atomic E-state index is 0.0426. The Morgan fingerprint density at radius 2 is 1.81 bits per heavy atom. The summed E-state index contributed by atoms with van der Waals surface area (Å²) in [5, 5.41) is 11.6. The van der Waals surface area contributed by atoms with Crippen LogP contribution in [0.15, 0.2) is 65.5 Å². The fourth-order valence-corrected chi connectivity index (χ4v) is 3.74. The number of aryl methyl sites for hydroxylation is 1. The maximum absolute atomic E-state index is 14.5. The minimum Gasteiger partial charge on any atom is -0.489 e. The first kappa shape index (κ1) is 24.6. The second-order valence-corrected chi connectivity index (χ2v) is 8.14. The molecular formula is C27H24FN3O5. The predicted molar refractivity (Wildman–Crippen MR) is 132 cm³/mol. The molecule has 0 atom stereocenters. The SMILES string of the molecule is CCc1cccc(CNC(=O)c2nc3ccc(F)c(OCCc4ccc(C(=O)O)cc4)c3c(=O)[nH]2)c1. The zero-order valence-electron chi connectivity index (χ0n) is 19.5. The normalized spacial score (nSPS) is 10.8. The summed E-state index contributed by atoms with van der Waals surface area (Å²) in [4.78, 5) is 43.0. The number of fused-ring (bicyclic) bond motifs is 1. The van der Waals surface area contributed by atoms with E-state index < -0.39 is 23.3 Å². The largest absolute Gasteiger partial charge is 0.489 e. The highest BCUT2D eigenvalue weighted by molar-refractivity contribution is 5.93. The van der Waals surface area contributed by atoms with E-state index in [1.807, 2.05) is 31.2 Å². The number of hydrogen-bond donors (Lipinski definition) is 3. The number of carbonyl (C=O) groups excluding carboxylic acids is 1. The van der Waals surface area contributed by atoms with Crippen LogP contribution >= 0.6 is 0 Å². The van der Waals surface area contributed by atoms with Gasteiger partial charge in [-0.25, -0.2) is 14.2 Å². The van der Waals surface area contributed by atoms with Crippen molar-refractivity contribution in [1.29, 1.82) is 0 Å². The van der Waals surface area contributed by atoms with Crippen LogP contribution in [0.3, 0.4) is 0 Å². The highest BCUT2D eigenvalue weighted by atomic mass is 19.1. The van der Waals surface area contributed by atoms with E-state index in [0.717, 1.165) is 29.2 Å². The average Bonchev–Trinajstić information content (AvgIpc) is 2.88. The molecule has 36 heavy (non-hydrogen) atoms. The van der Waals surface area contributed by atoms with Gasteiger partial charge in [0.05, 0.1) is 17.7 Å². The first-order chi connectivity index (χ1) is 17.4. The molecule has 4 aromatic rings. The highest BCUT2D eigenvalue weighted by Gasteiger charge is 2.17. The number of H-pyrrole nitrogens is 1. The van der Waals surface area contributed by atoms with Gasteiger partial charge in [0, 0.05) is 13.0 Å². The van der Waals surface area contributed by atoms with Gasteiger partial charge in [-0.1, -0.05) is 43.3 Å². The lowest BCUT2D eigenvalue weighted by molar-refractivity contribution is 0.0696. The van der Waals surface area contributed by atoms with E-state index in [4.69, 9.17) is 9.84 Å². The summed E-state index contributed by atoms with van der Waals surface area (Å²) in [5.74, 6) is -2.76. The molecule has 4 rings (SSSR count). The van der Waals surface area contributed by atoms with Crippen molar-refractivity contribution in [3.05, 3.63) is 105 Å². The molecule has 0 fully saturated rings. The van der Waals surface area contributed by atoms with Gasteiger partial charge in [-0.3, -0.25) is 9.59 Å². The third-order valence-corrected chi connectivity index (χ3v) is 5.68. The van der Waals surface area contributed by atoms with Crippen molar-refractivity contribution in [2.45, 2.75) is 26.3 Å². The zero-order chi connectivity index (χ0) is 25.7. The van der Waals surface area contributed by atoms with Crippen molar-refractivity contribution >= 4 is 22.8 Å². The minimum atomic E-state index is -1.03. The number of benzene rings is 3. The van der Waals surface area contributed by atoms with Gasteiger partial charge < -0.3 is 20.1 Å². The number of aromatic carboxylic acids is 1. The third-order valence-electron chi connectivity index (χ3n) is 5.68. The summed E-state index contributed by atoms with van der Waals surface area (Å²) in [5.41, 5.74) is 2.44. The summed E-state index contributed by atoms with van der Waals surface area (Å²) >= 11 is 0. The summed E-state index contributed by atoms with van der Waals surface area (Å²) in [6, 6.07) is 16.5. The van der Waals surface area contributed by atoms with Gasteiger partial charge in [0.25, 0.3) is 11.5 Å². The molecule has 0 bridgehead atoms. The predicted octanol–water partition coefficient (Wildman–Crippen LogP) is 3.87. The number of carboxylic acid groups (broad SMARTS) is 1. The van der Waals surface area contributed by atoms with Crippen LogP contribution in [0.1, 0.15) is 44.6 Å². The summed E-state index contributed by atoms with van der Waals surface area (Å²) in [7, 11) is 0. The van der Waals surface area contributed by atoms with Crippen molar-refractivity contribution in [1.82, 2.24) is 15.3 Å². The van der Waals surface area contributed by atoms with Crippen molar-refractivity contribution in [2.24, 2.45) is 0 Å². The van der Waals surface area contributed by atoms with Crippen LogP contribution in [0.5, 0.6) is 5.75 Å². The topological polar surface area (TPSA) is 121 Å². The molecule has 9 heteroatoms. The van der Waals surface area contributed by atoms with Crippen molar-refractivity contribution < 1.29 is 23.8 Å². The third kappa shape index (κ3) is 5.57. The van der Waals surface area contributed by atoms with Crippen LogP contribution in [0.4, 0.5) is 4.39 Å². The van der Waals surface area contributed by atoms with Crippen molar-refractivity contribution in [2.75, 3.05) is 6.61 Å². The van der Waals surface area contributed by atoms with Gasteiger partial charge in [0.1, 0.15) is 5.39 Å². The Morgan fingerprint density at radius 1 is 1.06 bits per heavy atom. The fraction of sp³-hybridized carbons (Fsp3) is 0.185. The number of rotatable bonds is 9. The van der Waals surface area contributed by atoms with E-state index in [9.17, 15) is 18.8 Å². The van der Waals surface area contributed by atoms with Crippen LogP contribution in [-0.4, -0.2) is 33.6 Å². The molecule has 1 aromatic heterocycles. The molecule has 8 nitrogen and oxygen atoms in total. The van der Waals surface area contributed by atoms with Crippen LogP contribution in [0.2, 0.25) is 0 Å². The molecule has 0 saturated carbocycles. The number of hydrogen-bond acceptors (Lipinski definition) is 5. The van der Waals surface area contributed by atoms with Gasteiger partial charge in [0.2, 0.25) is 0 Å². The molecule has 184 valence electrons. The standard InChI is InChI=1S/C27H24FN3O5/c1-2-16-4-3-5-18(14-16)15-29-26(33)24-30-21-11-10-20(28)23(22(21)25(32)31-24)36-13-12-17-6-8-19(9-7-17)27(34)35/h3-11,14H,2,12-13,15H2,1H3,(H,29,33)(H,34,35)(H,30,31,32). The molecule has 3 N–H and O–H groups in total. The summed E-state index contributed by atoms with van der Waals surface area (Å²) < 4.78 is 20.1. The molecule has 0 unspecified atom stereocenters. The first-order valence-electron chi connectivity index (χ1n) is 11.4. The molecule has 0 saturated heterocycles. The van der Waals surface area contributed by atoms with Gasteiger partial charge in [0.15, 0.2) is 17.4 Å². The number of aromatic amines is 1. The lowest BCUT2D eigenvalue weighted by Crippen LogP contribution is -2.27. The Kier molecular flexibility index (Phi) is 7.39. The van der Waals surface area contributed by atoms with Crippen molar-refractivity contribution in [3.63, 3.8) is 0 Å². The van der Waals surface area contributed by atoms with E-state index in [1.54, 1.807) is 12.1 Å². The fourth-order valence-electron chi connectivity index (χ4n) is 3.74. The molecular weight excluding hydrogens is 465 g/mol. The van der Waals surface area contributed by atoms with Gasteiger partial charge >= 0.3 is 5.97 Å². The number of aromatic nitrogens is 2. The quantitative estimate of drug-likeness (QED) is 0.328. The number of carboxylic acids is 1. The maximum atomic E-state index is 14.5. The number of carbonyl (C=O) groups is 2. The van der Waals surface area contributed by atoms with E-state index in [-0.39, 0.29) is 41.2 Å². The molecule has 0 radical (unpaired) electrons.